The quantitative estimate of drug-likeness (QED) is 0.850. The Morgan fingerprint density at radius 1 is 1.38 bits per heavy atom. The van der Waals surface area contributed by atoms with Crippen LogP contribution in [0.15, 0.2) is 48.8 Å². The Hall–Kier alpha value is -2.89. The van der Waals surface area contributed by atoms with Gasteiger partial charge in [0.05, 0.1) is 7.11 Å². The van der Waals surface area contributed by atoms with Crippen molar-refractivity contribution in [2.75, 3.05) is 18.6 Å². The van der Waals surface area contributed by atoms with Crippen LogP contribution in [0, 0.1) is 5.92 Å². The first-order valence-corrected chi connectivity index (χ1v) is 7.81. The number of carbonyl (C=O) groups is 2. The monoisotopic (exact) mass is 325 g/mol. The number of amides is 2. The van der Waals surface area contributed by atoms with Crippen LogP contribution >= 0.6 is 0 Å². The zero-order chi connectivity index (χ0) is 16.9. The summed E-state index contributed by atoms with van der Waals surface area (Å²) in [4.78, 5) is 30.5. The Labute approximate surface area is 140 Å². The fraction of sp³-hybridized carbons (Fsp3) is 0.278. The molecule has 3 rings (SSSR count). The molecule has 6 nitrogen and oxygen atoms in total. The number of pyridine rings is 1. The summed E-state index contributed by atoms with van der Waals surface area (Å²) in [6.45, 7) is 0.895. The van der Waals surface area contributed by atoms with Crippen LogP contribution in [0.1, 0.15) is 12.0 Å². The van der Waals surface area contributed by atoms with E-state index in [0.717, 1.165) is 11.3 Å². The van der Waals surface area contributed by atoms with Gasteiger partial charge in [0.1, 0.15) is 11.7 Å². The number of hydrogen-bond donors (Lipinski definition) is 1. The van der Waals surface area contributed by atoms with E-state index in [1.54, 1.807) is 30.5 Å². The van der Waals surface area contributed by atoms with Crippen molar-refractivity contribution >= 4 is 17.5 Å². The van der Waals surface area contributed by atoms with Gasteiger partial charge in [0.15, 0.2) is 0 Å². The smallest absolute Gasteiger partial charge is 0.239 e. The molecule has 2 amide bonds. The van der Waals surface area contributed by atoms with Crippen LogP contribution in [0.2, 0.25) is 0 Å². The van der Waals surface area contributed by atoms with Gasteiger partial charge in [-0.2, -0.15) is 0 Å². The second-order valence-electron chi connectivity index (χ2n) is 5.61. The number of ether oxygens (including phenoxy) is 1. The molecule has 0 aliphatic carbocycles. The Kier molecular flexibility index (Phi) is 4.74. The third kappa shape index (κ3) is 3.37. The van der Waals surface area contributed by atoms with Gasteiger partial charge in [-0.15, -0.1) is 0 Å². The Morgan fingerprint density at radius 2 is 2.25 bits per heavy atom. The lowest BCUT2D eigenvalue weighted by Gasteiger charge is -2.17. The minimum Gasteiger partial charge on any atom is -0.497 e. The van der Waals surface area contributed by atoms with E-state index in [0.29, 0.717) is 25.3 Å². The average molecular weight is 325 g/mol. The largest absolute Gasteiger partial charge is 0.497 e. The number of anilines is 1. The van der Waals surface area contributed by atoms with E-state index in [4.69, 9.17) is 4.74 Å². The Morgan fingerprint density at radius 3 is 3.00 bits per heavy atom. The molecule has 1 unspecified atom stereocenters. The molecule has 24 heavy (non-hydrogen) atoms. The second-order valence-corrected chi connectivity index (χ2v) is 5.61. The van der Waals surface area contributed by atoms with Gasteiger partial charge in [-0.05, 0) is 30.2 Å². The van der Waals surface area contributed by atoms with Gasteiger partial charge < -0.3 is 15.0 Å². The van der Waals surface area contributed by atoms with E-state index in [-0.39, 0.29) is 11.8 Å². The van der Waals surface area contributed by atoms with Crippen LogP contribution in [0.3, 0.4) is 0 Å². The van der Waals surface area contributed by atoms with Crippen LogP contribution in [0.5, 0.6) is 5.75 Å². The van der Waals surface area contributed by atoms with E-state index in [2.05, 4.69) is 10.3 Å². The maximum atomic E-state index is 12.6. The van der Waals surface area contributed by atoms with Crippen LogP contribution in [0.4, 0.5) is 5.69 Å². The molecule has 1 saturated heterocycles. The third-order valence-corrected chi connectivity index (χ3v) is 4.08. The zero-order valence-electron chi connectivity index (χ0n) is 13.4. The van der Waals surface area contributed by atoms with Gasteiger partial charge in [0, 0.05) is 37.2 Å². The van der Waals surface area contributed by atoms with Gasteiger partial charge in [-0.1, -0.05) is 12.1 Å². The predicted octanol–water partition coefficient (Wildman–Crippen LogP) is 1.76. The summed E-state index contributed by atoms with van der Waals surface area (Å²) >= 11 is 0. The highest BCUT2D eigenvalue weighted by Gasteiger charge is 2.37. The van der Waals surface area contributed by atoms with Crippen molar-refractivity contribution in [2.45, 2.75) is 13.0 Å². The summed E-state index contributed by atoms with van der Waals surface area (Å²) in [7, 11) is 1.58. The van der Waals surface area contributed by atoms with Crippen molar-refractivity contribution < 1.29 is 14.3 Å². The maximum Gasteiger partial charge on any atom is 0.239 e. The molecule has 0 radical (unpaired) electrons. The number of benzene rings is 1. The van der Waals surface area contributed by atoms with E-state index < -0.39 is 5.92 Å². The number of methoxy groups -OCH3 is 1. The number of nitrogens with zero attached hydrogens (tertiary/aromatic N) is 2. The summed E-state index contributed by atoms with van der Waals surface area (Å²) in [6, 6.07) is 11.0. The lowest BCUT2D eigenvalue weighted by molar-refractivity contribution is -0.132. The van der Waals surface area contributed by atoms with Gasteiger partial charge in [0.25, 0.3) is 0 Å². The zero-order valence-corrected chi connectivity index (χ0v) is 13.4. The molecule has 1 N–H and O–H groups in total. The molecule has 0 spiro atoms. The number of carbonyl (C=O) groups excluding carboxylic acids is 2. The normalized spacial score (nSPS) is 17.0. The highest BCUT2D eigenvalue weighted by Crippen LogP contribution is 2.28. The molecule has 1 aromatic carbocycles. The van der Waals surface area contributed by atoms with Crippen molar-refractivity contribution in [3.05, 3.63) is 54.4 Å². The molecular formula is C18H19N3O3. The van der Waals surface area contributed by atoms with Crippen molar-refractivity contribution in [3.8, 4) is 5.75 Å². The highest BCUT2D eigenvalue weighted by atomic mass is 16.5. The second kappa shape index (κ2) is 7.12. The fourth-order valence-corrected chi connectivity index (χ4v) is 2.77. The highest BCUT2D eigenvalue weighted by molar-refractivity contribution is 6.09. The number of rotatable bonds is 5. The number of aromatic nitrogens is 1. The third-order valence-electron chi connectivity index (χ3n) is 4.08. The topological polar surface area (TPSA) is 71.5 Å². The molecule has 0 saturated carbocycles. The lowest BCUT2D eigenvalue weighted by atomic mass is 10.1. The van der Waals surface area contributed by atoms with Crippen LogP contribution in [0.25, 0.3) is 0 Å². The Bertz CT molecular complexity index is 733. The minimum absolute atomic E-state index is 0.174. The summed E-state index contributed by atoms with van der Waals surface area (Å²) in [5, 5.41) is 2.81. The van der Waals surface area contributed by atoms with Gasteiger partial charge in [-0.3, -0.25) is 14.6 Å². The van der Waals surface area contributed by atoms with Gasteiger partial charge in [-0.25, -0.2) is 0 Å². The van der Waals surface area contributed by atoms with Crippen molar-refractivity contribution in [1.82, 2.24) is 10.3 Å². The molecule has 6 heteroatoms. The first-order valence-electron chi connectivity index (χ1n) is 7.81. The summed E-state index contributed by atoms with van der Waals surface area (Å²) in [5.41, 5.74) is 1.66. The molecule has 1 fully saturated rings. The summed E-state index contributed by atoms with van der Waals surface area (Å²) in [6.07, 6.45) is 3.88. The summed E-state index contributed by atoms with van der Waals surface area (Å²) < 4.78 is 5.19. The molecule has 2 heterocycles. The molecule has 124 valence electrons. The predicted molar refractivity (Wildman–Crippen MR) is 89.5 cm³/mol. The van der Waals surface area contributed by atoms with Gasteiger partial charge >= 0.3 is 0 Å². The first kappa shape index (κ1) is 16.0. The minimum atomic E-state index is -0.645. The van der Waals surface area contributed by atoms with Crippen molar-refractivity contribution in [1.29, 1.82) is 0 Å². The molecule has 0 bridgehead atoms. The van der Waals surface area contributed by atoms with E-state index >= 15 is 0 Å². The van der Waals surface area contributed by atoms with Crippen molar-refractivity contribution in [2.24, 2.45) is 5.92 Å². The van der Waals surface area contributed by atoms with E-state index in [1.165, 1.54) is 0 Å². The number of nitrogens with one attached hydrogen (secondary N) is 1. The Balaban J connectivity index is 1.63. The van der Waals surface area contributed by atoms with Crippen molar-refractivity contribution in [3.63, 3.8) is 0 Å². The molecule has 1 atom stereocenters. The molecule has 1 aliphatic rings. The van der Waals surface area contributed by atoms with E-state index in [9.17, 15) is 9.59 Å². The van der Waals surface area contributed by atoms with Crippen LogP contribution in [-0.2, 0) is 16.1 Å². The molecule has 1 aromatic heterocycles. The fourth-order valence-electron chi connectivity index (χ4n) is 2.77. The summed E-state index contributed by atoms with van der Waals surface area (Å²) in [5.74, 6) is -0.376. The van der Waals surface area contributed by atoms with Crippen LogP contribution in [-0.4, -0.2) is 30.5 Å². The first-order chi connectivity index (χ1) is 11.7. The average Bonchev–Trinajstić information content (AvgIpc) is 3.02. The molecular weight excluding hydrogens is 306 g/mol. The van der Waals surface area contributed by atoms with Crippen LogP contribution < -0.4 is 15.0 Å². The standard InChI is InChI=1S/C18H19N3O3/c1-24-15-6-2-5-14(10-15)21-9-7-16(18(21)23)17(22)20-12-13-4-3-8-19-11-13/h2-6,8,10-11,16H,7,9,12H2,1H3,(H,20,22). The molecule has 1 aliphatic heterocycles. The maximum absolute atomic E-state index is 12.6. The SMILES string of the molecule is COc1cccc(N2CCC(C(=O)NCc3cccnc3)C2=O)c1. The number of hydrogen-bond acceptors (Lipinski definition) is 4. The van der Waals surface area contributed by atoms with Gasteiger partial charge in [0.2, 0.25) is 11.8 Å². The lowest BCUT2D eigenvalue weighted by Crippen LogP contribution is -2.36. The van der Waals surface area contributed by atoms with E-state index in [1.807, 2.05) is 30.3 Å². The molecule has 2 aromatic rings.